The Kier molecular flexibility index (Phi) is 4.62. The fraction of sp³-hybridized carbons (Fsp3) is 0.400. The predicted octanol–water partition coefficient (Wildman–Crippen LogP) is 2.46. The lowest BCUT2D eigenvalue weighted by atomic mass is 10.1. The molecule has 1 aromatic carbocycles. The van der Waals surface area contributed by atoms with Crippen LogP contribution in [0.15, 0.2) is 18.2 Å². The van der Waals surface area contributed by atoms with E-state index in [2.05, 4.69) is 0 Å². The van der Waals surface area contributed by atoms with Gasteiger partial charge < -0.3 is 5.11 Å². The van der Waals surface area contributed by atoms with Crippen molar-refractivity contribution in [1.82, 2.24) is 0 Å². The molecule has 0 bridgehead atoms. The molecular formula is C10H12Cl2O3S. The third-order valence-corrected chi connectivity index (χ3v) is 3.73. The van der Waals surface area contributed by atoms with Gasteiger partial charge in [-0.15, -0.1) is 0 Å². The van der Waals surface area contributed by atoms with Gasteiger partial charge in [0.2, 0.25) is 0 Å². The summed E-state index contributed by atoms with van der Waals surface area (Å²) >= 11 is 11.8. The van der Waals surface area contributed by atoms with E-state index in [1.165, 1.54) is 0 Å². The summed E-state index contributed by atoms with van der Waals surface area (Å²) in [6.07, 6.45) is 0.242. The minimum absolute atomic E-state index is 0.0856. The molecule has 0 saturated carbocycles. The second-order valence-electron chi connectivity index (χ2n) is 3.57. The van der Waals surface area contributed by atoms with E-state index in [4.69, 9.17) is 23.2 Å². The molecule has 0 amide bonds. The van der Waals surface area contributed by atoms with Crippen molar-refractivity contribution in [2.75, 3.05) is 12.0 Å². The molecule has 0 saturated heterocycles. The van der Waals surface area contributed by atoms with Crippen molar-refractivity contribution in [3.63, 3.8) is 0 Å². The zero-order valence-corrected chi connectivity index (χ0v) is 11.0. The van der Waals surface area contributed by atoms with E-state index in [0.717, 1.165) is 6.26 Å². The van der Waals surface area contributed by atoms with Gasteiger partial charge in [0.05, 0.1) is 11.9 Å². The first-order valence-corrected chi connectivity index (χ1v) is 7.42. The van der Waals surface area contributed by atoms with Crippen molar-refractivity contribution in [2.24, 2.45) is 0 Å². The lowest BCUT2D eigenvalue weighted by Crippen LogP contribution is -2.09. The van der Waals surface area contributed by atoms with Gasteiger partial charge in [0.1, 0.15) is 9.84 Å². The average Bonchev–Trinajstić information content (AvgIpc) is 2.13. The second kappa shape index (κ2) is 5.36. The Bertz CT molecular complexity index is 451. The number of halogens is 2. The van der Waals surface area contributed by atoms with E-state index >= 15 is 0 Å². The van der Waals surface area contributed by atoms with Crippen LogP contribution in [0, 0.1) is 0 Å². The lowest BCUT2D eigenvalue weighted by molar-refractivity contribution is 0.174. The summed E-state index contributed by atoms with van der Waals surface area (Å²) in [6.45, 7) is 0. The Morgan fingerprint density at radius 3 is 2.25 bits per heavy atom. The molecule has 3 nitrogen and oxygen atoms in total. The highest BCUT2D eigenvalue weighted by atomic mass is 35.5. The van der Waals surface area contributed by atoms with Crippen molar-refractivity contribution >= 4 is 33.0 Å². The molecule has 0 spiro atoms. The first-order chi connectivity index (χ1) is 7.31. The van der Waals surface area contributed by atoms with Crippen LogP contribution in [0.5, 0.6) is 0 Å². The third kappa shape index (κ3) is 3.94. The summed E-state index contributed by atoms with van der Waals surface area (Å²) in [7, 11) is -3.10. The number of rotatable bonds is 4. The molecule has 1 unspecified atom stereocenters. The van der Waals surface area contributed by atoms with Crippen molar-refractivity contribution in [1.29, 1.82) is 0 Å². The number of aliphatic hydroxyl groups excluding tert-OH is 1. The van der Waals surface area contributed by atoms with Crippen molar-refractivity contribution in [3.8, 4) is 0 Å². The van der Waals surface area contributed by atoms with Gasteiger partial charge in [-0.1, -0.05) is 29.3 Å². The van der Waals surface area contributed by atoms with Crippen molar-refractivity contribution in [3.05, 3.63) is 33.8 Å². The Hall–Kier alpha value is -0.290. The molecule has 1 aromatic rings. The van der Waals surface area contributed by atoms with E-state index in [1.54, 1.807) is 18.2 Å². The van der Waals surface area contributed by atoms with Gasteiger partial charge in [-0.2, -0.15) is 0 Å². The molecule has 0 radical (unpaired) electrons. The molecule has 0 aliphatic heterocycles. The minimum Gasteiger partial charge on any atom is -0.388 e. The molecular weight excluding hydrogens is 271 g/mol. The summed E-state index contributed by atoms with van der Waals surface area (Å²) in [4.78, 5) is 0. The number of aliphatic hydroxyl groups is 1. The van der Waals surface area contributed by atoms with Crippen LogP contribution >= 0.6 is 23.2 Å². The Morgan fingerprint density at radius 1 is 1.31 bits per heavy atom. The molecule has 1 atom stereocenters. The van der Waals surface area contributed by atoms with Crippen LogP contribution in [-0.4, -0.2) is 25.5 Å². The maximum atomic E-state index is 11.0. The molecule has 0 heterocycles. The highest BCUT2D eigenvalue weighted by molar-refractivity contribution is 7.90. The standard InChI is InChI=1S/C10H12Cl2O3S/c1-16(14,15)6-5-9(13)10-7(11)3-2-4-8(10)12/h2-4,9,13H,5-6H2,1H3. The van der Waals surface area contributed by atoms with Gasteiger partial charge in [-0.3, -0.25) is 0 Å². The second-order valence-corrected chi connectivity index (χ2v) is 6.64. The molecule has 6 heteroatoms. The zero-order chi connectivity index (χ0) is 12.3. The summed E-state index contributed by atoms with van der Waals surface area (Å²) in [6, 6.07) is 4.87. The fourth-order valence-corrected chi connectivity index (χ4v) is 2.60. The minimum atomic E-state index is -3.10. The summed E-state index contributed by atoms with van der Waals surface area (Å²) in [5.74, 6) is -0.101. The van der Waals surface area contributed by atoms with Crippen LogP contribution in [0.3, 0.4) is 0 Å². The zero-order valence-electron chi connectivity index (χ0n) is 8.65. The lowest BCUT2D eigenvalue weighted by Gasteiger charge is -2.13. The topological polar surface area (TPSA) is 54.4 Å². The fourth-order valence-electron chi connectivity index (χ4n) is 1.30. The van der Waals surface area contributed by atoms with Gasteiger partial charge in [0.15, 0.2) is 0 Å². The van der Waals surface area contributed by atoms with E-state index in [9.17, 15) is 13.5 Å². The van der Waals surface area contributed by atoms with Crippen LogP contribution in [0.1, 0.15) is 18.1 Å². The Labute approximate surface area is 105 Å². The van der Waals surface area contributed by atoms with Crippen LogP contribution in [-0.2, 0) is 9.84 Å². The van der Waals surface area contributed by atoms with Gasteiger partial charge in [-0.25, -0.2) is 8.42 Å². The normalized spacial score (nSPS) is 13.8. The third-order valence-electron chi connectivity index (χ3n) is 2.10. The molecule has 90 valence electrons. The van der Waals surface area contributed by atoms with Gasteiger partial charge in [-0.05, 0) is 18.6 Å². The first-order valence-electron chi connectivity index (χ1n) is 4.61. The first kappa shape index (κ1) is 13.8. The SMILES string of the molecule is CS(=O)(=O)CCC(O)c1c(Cl)cccc1Cl. The van der Waals surface area contributed by atoms with Gasteiger partial charge in [0.25, 0.3) is 0 Å². The Balaban J connectivity index is 2.85. The highest BCUT2D eigenvalue weighted by Crippen LogP contribution is 2.31. The van der Waals surface area contributed by atoms with E-state index in [-0.39, 0.29) is 12.2 Å². The van der Waals surface area contributed by atoms with E-state index in [1.807, 2.05) is 0 Å². The molecule has 0 aromatic heterocycles. The smallest absolute Gasteiger partial charge is 0.147 e. The van der Waals surface area contributed by atoms with Crippen LogP contribution in [0.2, 0.25) is 10.0 Å². The van der Waals surface area contributed by atoms with Crippen molar-refractivity contribution < 1.29 is 13.5 Å². The summed E-state index contributed by atoms with van der Waals surface area (Å²) in [5, 5.41) is 10.5. The molecule has 1 rings (SSSR count). The van der Waals surface area contributed by atoms with E-state index in [0.29, 0.717) is 15.6 Å². The van der Waals surface area contributed by atoms with E-state index < -0.39 is 15.9 Å². The summed E-state index contributed by atoms with van der Waals surface area (Å²) < 4.78 is 21.9. The number of benzene rings is 1. The van der Waals surface area contributed by atoms with Crippen molar-refractivity contribution in [2.45, 2.75) is 12.5 Å². The van der Waals surface area contributed by atoms with Crippen LogP contribution in [0.4, 0.5) is 0 Å². The molecule has 0 aliphatic carbocycles. The molecule has 0 fully saturated rings. The molecule has 16 heavy (non-hydrogen) atoms. The highest BCUT2D eigenvalue weighted by Gasteiger charge is 2.17. The van der Waals surface area contributed by atoms with Gasteiger partial charge >= 0.3 is 0 Å². The number of hydrogen-bond donors (Lipinski definition) is 1. The largest absolute Gasteiger partial charge is 0.388 e. The average molecular weight is 283 g/mol. The summed E-state index contributed by atoms with van der Waals surface area (Å²) in [5.41, 5.74) is 0.384. The maximum Gasteiger partial charge on any atom is 0.147 e. The Morgan fingerprint density at radius 2 is 1.81 bits per heavy atom. The van der Waals surface area contributed by atoms with Crippen LogP contribution < -0.4 is 0 Å². The van der Waals surface area contributed by atoms with Gasteiger partial charge in [0, 0.05) is 21.9 Å². The number of hydrogen-bond acceptors (Lipinski definition) is 3. The number of sulfone groups is 1. The van der Waals surface area contributed by atoms with Crippen LogP contribution in [0.25, 0.3) is 0 Å². The quantitative estimate of drug-likeness (QED) is 0.923. The predicted molar refractivity (Wildman–Crippen MR) is 65.7 cm³/mol. The molecule has 0 aliphatic rings. The maximum absolute atomic E-state index is 11.0. The monoisotopic (exact) mass is 282 g/mol. The molecule has 1 N–H and O–H groups in total.